The van der Waals surface area contributed by atoms with Gasteiger partial charge in [-0.25, -0.2) is 0 Å². The van der Waals surface area contributed by atoms with Crippen LogP contribution in [0.3, 0.4) is 0 Å². The Morgan fingerprint density at radius 3 is 2.74 bits per heavy atom. The Labute approximate surface area is 110 Å². The van der Waals surface area contributed by atoms with E-state index in [-0.39, 0.29) is 18.0 Å². The van der Waals surface area contributed by atoms with Crippen molar-refractivity contribution in [1.82, 2.24) is 5.32 Å². The Balaban J connectivity index is 2.88. The number of carboxylic acid groups (broad SMARTS) is 1. The van der Waals surface area contributed by atoms with Gasteiger partial charge < -0.3 is 15.2 Å². The second-order valence-corrected chi connectivity index (χ2v) is 3.90. The van der Waals surface area contributed by atoms with Gasteiger partial charge in [0.25, 0.3) is 0 Å². The SMILES string of the molecule is CCc1ccc(OCC(NC)C(=O)O)c([N+](=O)[O-])c1. The van der Waals surface area contributed by atoms with Crippen molar-refractivity contribution in [2.24, 2.45) is 0 Å². The highest BCUT2D eigenvalue weighted by atomic mass is 16.6. The van der Waals surface area contributed by atoms with Crippen LogP contribution in [0.4, 0.5) is 5.69 Å². The van der Waals surface area contributed by atoms with E-state index in [0.29, 0.717) is 6.42 Å². The Morgan fingerprint density at radius 1 is 1.58 bits per heavy atom. The predicted molar refractivity (Wildman–Crippen MR) is 68.5 cm³/mol. The molecule has 0 amide bonds. The third kappa shape index (κ3) is 3.92. The molecule has 2 N–H and O–H groups in total. The average molecular weight is 268 g/mol. The van der Waals surface area contributed by atoms with E-state index < -0.39 is 16.9 Å². The predicted octanol–water partition coefficient (Wildman–Crippen LogP) is 1.21. The van der Waals surface area contributed by atoms with E-state index in [0.717, 1.165) is 5.56 Å². The lowest BCUT2D eigenvalue weighted by Crippen LogP contribution is -2.39. The first-order valence-electron chi connectivity index (χ1n) is 5.79. The summed E-state index contributed by atoms with van der Waals surface area (Å²) in [5.74, 6) is -1.00. The molecule has 0 bridgehead atoms. The molecule has 0 aliphatic rings. The number of nitrogens with one attached hydrogen (secondary N) is 1. The summed E-state index contributed by atoms with van der Waals surface area (Å²) in [7, 11) is 1.48. The van der Waals surface area contributed by atoms with Gasteiger partial charge in [-0.15, -0.1) is 0 Å². The molecule has 7 nitrogen and oxygen atoms in total. The zero-order chi connectivity index (χ0) is 14.4. The van der Waals surface area contributed by atoms with Crippen LogP contribution >= 0.6 is 0 Å². The van der Waals surface area contributed by atoms with E-state index in [1.807, 2.05) is 6.92 Å². The van der Waals surface area contributed by atoms with Gasteiger partial charge in [-0.1, -0.05) is 13.0 Å². The highest BCUT2D eigenvalue weighted by molar-refractivity contribution is 5.73. The number of nitro benzene ring substituents is 1. The van der Waals surface area contributed by atoms with Gasteiger partial charge in [0.2, 0.25) is 0 Å². The number of nitro groups is 1. The van der Waals surface area contributed by atoms with Crippen LogP contribution in [0.25, 0.3) is 0 Å². The number of likely N-dealkylation sites (N-methyl/N-ethyl adjacent to an activating group) is 1. The summed E-state index contributed by atoms with van der Waals surface area (Å²) in [5, 5.41) is 22.3. The lowest BCUT2D eigenvalue weighted by Gasteiger charge is -2.13. The molecule has 0 heterocycles. The molecule has 1 aromatic rings. The fourth-order valence-electron chi connectivity index (χ4n) is 1.50. The van der Waals surface area contributed by atoms with E-state index in [4.69, 9.17) is 9.84 Å². The molecular formula is C12H16N2O5. The number of hydrogen-bond donors (Lipinski definition) is 2. The smallest absolute Gasteiger partial charge is 0.324 e. The number of nitrogens with zero attached hydrogens (tertiary/aromatic N) is 1. The minimum atomic E-state index is -1.07. The second-order valence-electron chi connectivity index (χ2n) is 3.90. The van der Waals surface area contributed by atoms with Crippen LogP contribution in [0.1, 0.15) is 12.5 Å². The Kier molecular flexibility index (Phi) is 5.25. The fraction of sp³-hybridized carbons (Fsp3) is 0.417. The van der Waals surface area contributed by atoms with Crippen molar-refractivity contribution < 1.29 is 19.6 Å². The normalized spacial score (nSPS) is 11.9. The number of ether oxygens (including phenoxy) is 1. The Hall–Kier alpha value is -2.15. The summed E-state index contributed by atoms with van der Waals surface area (Å²) in [6.07, 6.45) is 0.676. The third-order valence-corrected chi connectivity index (χ3v) is 2.68. The summed E-state index contributed by atoms with van der Waals surface area (Å²) in [4.78, 5) is 21.2. The fourth-order valence-corrected chi connectivity index (χ4v) is 1.50. The maximum Gasteiger partial charge on any atom is 0.324 e. The van der Waals surface area contributed by atoms with Crippen LogP contribution in [0.2, 0.25) is 0 Å². The van der Waals surface area contributed by atoms with Gasteiger partial charge in [0, 0.05) is 6.07 Å². The van der Waals surface area contributed by atoms with Crippen molar-refractivity contribution in [3.8, 4) is 5.75 Å². The molecule has 19 heavy (non-hydrogen) atoms. The van der Waals surface area contributed by atoms with Gasteiger partial charge in [-0.2, -0.15) is 0 Å². The summed E-state index contributed by atoms with van der Waals surface area (Å²) in [6.45, 7) is 1.71. The van der Waals surface area contributed by atoms with Crippen LogP contribution in [0.5, 0.6) is 5.75 Å². The van der Waals surface area contributed by atoms with Crippen molar-refractivity contribution in [2.75, 3.05) is 13.7 Å². The highest BCUT2D eigenvalue weighted by Gasteiger charge is 2.20. The zero-order valence-electron chi connectivity index (χ0n) is 10.8. The van der Waals surface area contributed by atoms with Crippen molar-refractivity contribution in [3.63, 3.8) is 0 Å². The van der Waals surface area contributed by atoms with Crippen LogP contribution in [-0.2, 0) is 11.2 Å². The van der Waals surface area contributed by atoms with Crippen LogP contribution in [0.15, 0.2) is 18.2 Å². The van der Waals surface area contributed by atoms with E-state index in [1.165, 1.54) is 19.2 Å². The number of aliphatic carboxylic acids is 1. The van der Waals surface area contributed by atoms with Gasteiger partial charge in [-0.3, -0.25) is 14.9 Å². The molecule has 104 valence electrons. The van der Waals surface area contributed by atoms with E-state index in [1.54, 1.807) is 6.07 Å². The molecule has 0 aliphatic carbocycles. The Morgan fingerprint density at radius 2 is 2.26 bits per heavy atom. The average Bonchev–Trinajstić information content (AvgIpc) is 2.38. The maximum absolute atomic E-state index is 10.9. The summed E-state index contributed by atoms with van der Waals surface area (Å²) >= 11 is 0. The van der Waals surface area contributed by atoms with E-state index in [9.17, 15) is 14.9 Å². The van der Waals surface area contributed by atoms with Crippen molar-refractivity contribution in [2.45, 2.75) is 19.4 Å². The first-order chi connectivity index (χ1) is 8.99. The minimum absolute atomic E-state index is 0.0729. The number of hydrogen-bond acceptors (Lipinski definition) is 5. The molecule has 0 fully saturated rings. The molecule has 7 heteroatoms. The number of benzene rings is 1. The standard InChI is InChI=1S/C12H16N2O5/c1-3-8-4-5-11(10(6-8)14(17)18)19-7-9(13-2)12(15)16/h4-6,9,13H,3,7H2,1-2H3,(H,15,16). The molecule has 0 saturated heterocycles. The molecule has 1 atom stereocenters. The maximum atomic E-state index is 10.9. The van der Waals surface area contributed by atoms with Gasteiger partial charge in [-0.05, 0) is 25.1 Å². The largest absolute Gasteiger partial charge is 0.485 e. The molecule has 1 unspecified atom stereocenters. The second kappa shape index (κ2) is 6.69. The number of carboxylic acids is 1. The molecule has 0 spiro atoms. The topological polar surface area (TPSA) is 102 Å². The minimum Gasteiger partial charge on any atom is -0.485 e. The van der Waals surface area contributed by atoms with Gasteiger partial charge >= 0.3 is 11.7 Å². The quantitative estimate of drug-likeness (QED) is 0.569. The van der Waals surface area contributed by atoms with Crippen LogP contribution in [0, 0.1) is 10.1 Å². The molecular weight excluding hydrogens is 252 g/mol. The molecule has 0 saturated carbocycles. The monoisotopic (exact) mass is 268 g/mol. The van der Waals surface area contributed by atoms with Gasteiger partial charge in [0.15, 0.2) is 5.75 Å². The van der Waals surface area contributed by atoms with Crippen molar-refractivity contribution >= 4 is 11.7 Å². The first-order valence-corrected chi connectivity index (χ1v) is 5.79. The van der Waals surface area contributed by atoms with Gasteiger partial charge in [0.1, 0.15) is 12.6 Å². The Bertz CT molecular complexity index is 475. The van der Waals surface area contributed by atoms with Crippen molar-refractivity contribution in [1.29, 1.82) is 0 Å². The summed E-state index contributed by atoms with van der Waals surface area (Å²) in [5.41, 5.74) is 0.669. The van der Waals surface area contributed by atoms with E-state index in [2.05, 4.69) is 5.32 Å². The summed E-state index contributed by atoms with van der Waals surface area (Å²) in [6, 6.07) is 3.73. The van der Waals surface area contributed by atoms with Crippen LogP contribution in [-0.4, -0.2) is 35.7 Å². The number of aryl methyl sites for hydroxylation is 1. The van der Waals surface area contributed by atoms with Crippen LogP contribution < -0.4 is 10.1 Å². The molecule has 0 aliphatic heterocycles. The molecule has 0 aromatic heterocycles. The number of rotatable bonds is 7. The molecule has 1 rings (SSSR count). The molecule has 0 radical (unpaired) electrons. The lowest BCUT2D eigenvalue weighted by molar-refractivity contribution is -0.385. The third-order valence-electron chi connectivity index (χ3n) is 2.68. The highest BCUT2D eigenvalue weighted by Crippen LogP contribution is 2.28. The lowest BCUT2D eigenvalue weighted by atomic mass is 10.1. The summed E-state index contributed by atoms with van der Waals surface area (Å²) < 4.78 is 5.23. The molecule has 1 aromatic carbocycles. The zero-order valence-corrected chi connectivity index (χ0v) is 10.8. The number of carbonyl (C=O) groups is 1. The van der Waals surface area contributed by atoms with Gasteiger partial charge in [0.05, 0.1) is 4.92 Å². The van der Waals surface area contributed by atoms with E-state index >= 15 is 0 Å². The first kappa shape index (κ1) is 14.9. The van der Waals surface area contributed by atoms with Crippen molar-refractivity contribution in [3.05, 3.63) is 33.9 Å².